The highest BCUT2D eigenvalue weighted by atomic mass is 15.1. The molecule has 0 atom stereocenters. The Morgan fingerprint density at radius 3 is 1.33 bits per heavy atom. The summed E-state index contributed by atoms with van der Waals surface area (Å²) in [6, 6.07) is 70.2. The van der Waals surface area contributed by atoms with Gasteiger partial charge in [0.1, 0.15) is 0 Å². The van der Waals surface area contributed by atoms with Gasteiger partial charge in [0.25, 0.3) is 0 Å². The van der Waals surface area contributed by atoms with Crippen LogP contribution in [0.1, 0.15) is 51.4 Å². The zero-order valence-electron chi connectivity index (χ0n) is 36.1. The lowest BCUT2D eigenvalue weighted by Crippen LogP contribution is -2.31. The molecule has 0 aromatic heterocycles. The minimum atomic E-state index is -0.846. The summed E-state index contributed by atoms with van der Waals surface area (Å²) in [5.41, 5.74) is 12.8. The van der Waals surface area contributed by atoms with E-state index in [4.69, 9.17) is 4.11 Å². The molecule has 0 aliphatic heterocycles. The molecule has 9 aromatic carbocycles. The van der Waals surface area contributed by atoms with Gasteiger partial charge in [-0.3, -0.25) is 0 Å². The first-order valence-corrected chi connectivity index (χ1v) is 19.5. The molecule has 2 aliphatic carbocycles. The largest absolute Gasteiger partial charge is 0.310 e. The molecule has 0 unspecified atom stereocenters. The molecule has 268 valence electrons. The van der Waals surface area contributed by atoms with Gasteiger partial charge in [0, 0.05) is 16.9 Å². The van der Waals surface area contributed by atoms with Crippen LogP contribution in [0.2, 0.25) is 0 Å². The maximum atomic E-state index is 9.61. The summed E-state index contributed by atoms with van der Waals surface area (Å²) in [6.45, 7) is 0. The number of para-hydroxylation sites is 1. The van der Waals surface area contributed by atoms with Crippen LogP contribution in [0.25, 0.3) is 22.3 Å². The fourth-order valence-electron chi connectivity index (χ4n) is 9.98. The van der Waals surface area contributed by atoms with Crippen LogP contribution in [0.4, 0.5) is 17.1 Å². The van der Waals surface area contributed by atoms with E-state index in [2.05, 4.69) is 176 Å². The summed E-state index contributed by atoms with van der Waals surface area (Å²) in [6.07, 6.45) is 0. The minimum absolute atomic E-state index is 0.0795. The quantitative estimate of drug-likeness (QED) is 0.158. The molecule has 0 bridgehead atoms. The number of benzene rings is 9. The summed E-state index contributed by atoms with van der Waals surface area (Å²) >= 11 is 0. The Morgan fingerprint density at radius 1 is 0.333 bits per heavy atom. The van der Waals surface area contributed by atoms with E-state index in [1.54, 1.807) is 0 Å². The molecule has 1 heteroatoms. The molecule has 0 fully saturated rings. The first-order valence-electron chi connectivity index (χ1n) is 22.0. The van der Waals surface area contributed by atoms with Crippen LogP contribution in [-0.2, 0) is 10.8 Å². The second kappa shape index (κ2) is 13.2. The highest BCUT2D eigenvalue weighted by Gasteiger charge is 2.49. The van der Waals surface area contributed by atoms with E-state index >= 15 is 0 Å². The van der Waals surface area contributed by atoms with Crippen LogP contribution >= 0.6 is 0 Å². The van der Waals surface area contributed by atoms with E-state index in [0.717, 1.165) is 66.8 Å². The molecule has 0 N–H and O–H groups in total. The van der Waals surface area contributed by atoms with E-state index in [9.17, 15) is 2.74 Å². The lowest BCUT2D eigenvalue weighted by Gasteiger charge is -2.38. The molecule has 0 saturated heterocycles. The Balaban J connectivity index is 1.29. The predicted octanol–water partition coefficient (Wildman–Crippen LogP) is 13.9. The first-order chi connectivity index (χ1) is 30.4. The maximum Gasteiger partial charge on any atom is 0.0734 e. The third-order valence-corrected chi connectivity index (χ3v) is 12.1. The lowest BCUT2D eigenvalue weighted by molar-refractivity contribution is 0.765. The number of nitrogens with zero attached hydrogens (tertiary/aromatic N) is 1. The Kier molecular flexibility index (Phi) is 6.55. The Morgan fingerprint density at radius 2 is 0.772 bits per heavy atom. The standard InChI is InChI=1S/C56H39N/c1-6-21-40(22-7-1)55(41-23-8-2-9-24-41)50-34-18-16-31-46(50)48-38-37-45(39-52(48)55)57(44-29-14-5-15-30-44)53-36-20-33-49-47-32-17-19-35-51(47)56(54(49)53,42-25-10-3-11-26-42)43-27-12-4-13-28-43/h1-39H/i5D,14D,15D,29D,30D. The van der Waals surface area contributed by atoms with E-state index < -0.39 is 29.0 Å². The summed E-state index contributed by atoms with van der Waals surface area (Å²) in [5, 5.41) is 0. The van der Waals surface area contributed by atoms with Crippen molar-refractivity contribution in [2.24, 2.45) is 0 Å². The lowest BCUT2D eigenvalue weighted by atomic mass is 9.67. The van der Waals surface area contributed by atoms with E-state index in [-0.39, 0.29) is 17.8 Å². The Hall–Kier alpha value is -7.22. The van der Waals surface area contributed by atoms with Gasteiger partial charge >= 0.3 is 0 Å². The average Bonchev–Trinajstić information content (AvgIpc) is 3.81. The number of rotatable bonds is 7. The molecular weight excluding hydrogens is 687 g/mol. The van der Waals surface area contributed by atoms with Crippen molar-refractivity contribution in [3.63, 3.8) is 0 Å². The van der Waals surface area contributed by atoms with Crippen molar-refractivity contribution < 1.29 is 6.85 Å². The van der Waals surface area contributed by atoms with Crippen molar-refractivity contribution >= 4 is 17.1 Å². The third-order valence-electron chi connectivity index (χ3n) is 12.1. The smallest absolute Gasteiger partial charge is 0.0734 e. The molecule has 11 rings (SSSR count). The fraction of sp³-hybridized carbons (Fsp3) is 0.0357. The van der Waals surface area contributed by atoms with Crippen molar-refractivity contribution in [3.8, 4) is 22.3 Å². The summed E-state index contributed by atoms with van der Waals surface area (Å²) in [7, 11) is 0. The predicted molar refractivity (Wildman–Crippen MR) is 236 cm³/mol. The molecular formula is C56H39N. The normalized spacial score (nSPS) is 15.1. The Bertz CT molecular complexity index is 3080. The fourth-order valence-corrected chi connectivity index (χ4v) is 9.98. The van der Waals surface area contributed by atoms with Gasteiger partial charge in [-0.15, -0.1) is 0 Å². The zero-order valence-corrected chi connectivity index (χ0v) is 31.1. The third kappa shape index (κ3) is 4.76. The molecule has 0 heterocycles. The van der Waals surface area contributed by atoms with Gasteiger partial charge in [-0.05, 0) is 91.5 Å². The summed E-state index contributed by atoms with van der Waals surface area (Å²) in [4.78, 5) is 1.94. The van der Waals surface area contributed by atoms with Gasteiger partial charge in [-0.2, -0.15) is 0 Å². The molecule has 0 saturated carbocycles. The topological polar surface area (TPSA) is 3.24 Å². The second-order valence-corrected chi connectivity index (χ2v) is 14.8. The van der Waals surface area contributed by atoms with Crippen LogP contribution in [0.3, 0.4) is 0 Å². The molecule has 1 nitrogen and oxygen atoms in total. The number of hydrogen-bond acceptors (Lipinski definition) is 1. The molecule has 0 radical (unpaired) electrons. The zero-order chi connectivity index (χ0) is 42.2. The van der Waals surface area contributed by atoms with Crippen LogP contribution in [0.5, 0.6) is 0 Å². The van der Waals surface area contributed by atoms with Gasteiger partial charge in [0.05, 0.1) is 23.4 Å². The van der Waals surface area contributed by atoms with Crippen molar-refractivity contribution in [2.75, 3.05) is 4.90 Å². The van der Waals surface area contributed by atoms with Crippen molar-refractivity contribution in [1.82, 2.24) is 0 Å². The number of anilines is 3. The molecule has 0 amide bonds. The van der Waals surface area contributed by atoms with Crippen LogP contribution in [-0.4, -0.2) is 0 Å². The van der Waals surface area contributed by atoms with E-state index in [0.29, 0.717) is 11.4 Å². The van der Waals surface area contributed by atoms with Crippen molar-refractivity contribution in [2.45, 2.75) is 10.8 Å². The SMILES string of the molecule is [2H]c1c([2H])c([2H])c(N(c2ccc3c(c2)C(c2ccccc2)(c2ccccc2)c2ccccc2-3)c2cccc3c2C(c2ccccc2)(c2ccccc2)c2ccccc2-3)c([2H])c1[2H]. The van der Waals surface area contributed by atoms with Crippen molar-refractivity contribution in [3.05, 3.63) is 281 Å². The highest BCUT2D eigenvalue weighted by molar-refractivity contribution is 5.95. The molecule has 0 spiro atoms. The van der Waals surface area contributed by atoms with Crippen LogP contribution < -0.4 is 4.90 Å². The molecule has 9 aromatic rings. The molecule has 2 aliphatic rings. The highest BCUT2D eigenvalue weighted by Crippen LogP contribution is 2.61. The Labute approximate surface area is 341 Å². The summed E-state index contributed by atoms with van der Waals surface area (Å²) in [5.74, 6) is 0. The van der Waals surface area contributed by atoms with Gasteiger partial charge in [-0.1, -0.05) is 206 Å². The second-order valence-electron chi connectivity index (χ2n) is 14.8. The summed E-state index contributed by atoms with van der Waals surface area (Å²) < 4.78 is 46.0. The maximum absolute atomic E-state index is 9.61. The first kappa shape index (κ1) is 28.2. The molecule has 57 heavy (non-hydrogen) atoms. The van der Waals surface area contributed by atoms with Gasteiger partial charge in [-0.25, -0.2) is 0 Å². The van der Waals surface area contributed by atoms with Gasteiger partial charge < -0.3 is 4.90 Å². The monoisotopic (exact) mass is 730 g/mol. The number of hydrogen-bond donors (Lipinski definition) is 0. The minimum Gasteiger partial charge on any atom is -0.310 e. The van der Waals surface area contributed by atoms with Gasteiger partial charge in [0.2, 0.25) is 0 Å². The van der Waals surface area contributed by atoms with Crippen LogP contribution in [0, 0.1) is 0 Å². The van der Waals surface area contributed by atoms with Crippen molar-refractivity contribution in [1.29, 1.82) is 0 Å². The number of fused-ring (bicyclic) bond motifs is 6. The average molecular weight is 731 g/mol. The van der Waals surface area contributed by atoms with E-state index in [1.165, 1.54) is 0 Å². The van der Waals surface area contributed by atoms with Gasteiger partial charge in [0.15, 0.2) is 0 Å². The van der Waals surface area contributed by atoms with Crippen LogP contribution in [0.15, 0.2) is 236 Å². The van der Waals surface area contributed by atoms with E-state index in [1.807, 2.05) is 35.2 Å².